The van der Waals surface area contributed by atoms with Crippen molar-refractivity contribution < 1.29 is 9.47 Å². The molecule has 8 rings (SSSR count). The Labute approximate surface area is 342 Å². The van der Waals surface area contributed by atoms with E-state index < -0.39 is 0 Å². The van der Waals surface area contributed by atoms with E-state index in [2.05, 4.69) is 84.9 Å². The van der Waals surface area contributed by atoms with E-state index in [9.17, 15) is 0 Å². The monoisotopic (exact) mass is 786 g/mol. The zero-order valence-electron chi connectivity index (χ0n) is 34.7. The Morgan fingerprint density at radius 3 is 0.982 bits per heavy atom. The summed E-state index contributed by atoms with van der Waals surface area (Å²) in [5.41, 5.74) is 14.7. The van der Waals surface area contributed by atoms with Crippen molar-refractivity contribution in [3.63, 3.8) is 0 Å². The highest BCUT2D eigenvalue weighted by Crippen LogP contribution is 2.63. The summed E-state index contributed by atoms with van der Waals surface area (Å²) in [6.07, 6.45) is 30.7. The summed E-state index contributed by atoms with van der Waals surface area (Å²) in [7, 11) is 3.42. The topological polar surface area (TPSA) is 18.5 Å². The maximum atomic E-state index is 6.60. The van der Waals surface area contributed by atoms with E-state index in [1.165, 1.54) is 185 Å². The molecule has 0 saturated heterocycles. The number of benzene rings is 4. The first-order valence-electron chi connectivity index (χ1n) is 22.8. The highest BCUT2D eigenvalue weighted by molar-refractivity contribution is 7.58. The van der Waals surface area contributed by atoms with E-state index in [1.807, 2.05) is 14.2 Å². The zero-order chi connectivity index (χ0) is 38.1. The highest BCUT2D eigenvalue weighted by atomic mass is 31.1. The predicted octanol–water partition coefficient (Wildman–Crippen LogP) is 16.0. The minimum absolute atomic E-state index is 0.208. The van der Waals surface area contributed by atoms with E-state index >= 15 is 0 Å². The van der Waals surface area contributed by atoms with E-state index in [-0.39, 0.29) is 15.8 Å². The van der Waals surface area contributed by atoms with Crippen LogP contribution in [0.3, 0.4) is 0 Å². The third kappa shape index (κ3) is 9.14. The smallest absolute Gasteiger partial charge is 0.127 e. The lowest BCUT2D eigenvalue weighted by molar-refractivity contribution is 0.410. The van der Waals surface area contributed by atoms with Crippen LogP contribution < -0.4 is 9.47 Å². The molecule has 0 unspecified atom stereocenters. The van der Waals surface area contributed by atoms with Crippen LogP contribution >= 0.6 is 15.8 Å². The van der Waals surface area contributed by atoms with Crippen LogP contribution in [0.2, 0.25) is 0 Å². The van der Waals surface area contributed by atoms with Gasteiger partial charge < -0.3 is 9.47 Å². The van der Waals surface area contributed by atoms with Gasteiger partial charge in [-0.3, -0.25) is 0 Å². The van der Waals surface area contributed by atoms with Gasteiger partial charge in [-0.15, -0.1) is 0 Å². The van der Waals surface area contributed by atoms with Gasteiger partial charge in [-0.1, -0.05) is 166 Å². The summed E-state index contributed by atoms with van der Waals surface area (Å²) < 4.78 is 13.2. The molecule has 2 nitrogen and oxygen atoms in total. The van der Waals surface area contributed by atoms with Gasteiger partial charge in [0.05, 0.1) is 14.2 Å². The van der Waals surface area contributed by atoms with Crippen LogP contribution in [-0.2, 0) is 12.3 Å². The molecule has 298 valence electrons. The molecule has 0 aliphatic heterocycles. The molecule has 4 aromatic carbocycles. The number of hydrogen-bond donors (Lipinski definition) is 0. The summed E-state index contributed by atoms with van der Waals surface area (Å²) in [6, 6.07) is 32.1. The Morgan fingerprint density at radius 1 is 0.393 bits per heavy atom. The van der Waals surface area contributed by atoms with Crippen molar-refractivity contribution >= 4 is 15.8 Å². The standard InChI is InChI=1S/C52H68O2P2/c1-53-49-35-33-45(39-21-9-3-10-22-39)47(37-55(41-25-13-5-14-26-41)42-27-15-6-16-28-42)51(49)52-48(46(34-36-50(52)54-2)40-23-11-4-12-24-40)38-56(43-29-17-7-18-30-43)44-31-19-8-20-32-44/h3-4,9-12,21-24,33-36,41-44H,5-8,13-20,25-32,37-38H2,1-2H3. The van der Waals surface area contributed by atoms with Gasteiger partial charge in [-0.25, -0.2) is 0 Å². The first kappa shape index (κ1) is 40.1. The molecular weight excluding hydrogens is 719 g/mol. The van der Waals surface area contributed by atoms with Gasteiger partial charge in [-0.05, 0) is 132 Å². The Balaban J connectivity index is 1.37. The van der Waals surface area contributed by atoms with Crippen molar-refractivity contribution in [2.45, 2.75) is 163 Å². The molecule has 0 bridgehead atoms. The van der Waals surface area contributed by atoms with Gasteiger partial charge in [-0.2, -0.15) is 0 Å². The molecule has 4 saturated carbocycles. The maximum Gasteiger partial charge on any atom is 0.127 e. The molecule has 4 aliphatic carbocycles. The van der Waals surface area contributed by atoms with Crippen LogP contribution in [0.5, 0.6) is 11.5 Å². The zero-order valence-corrected chi connectivity index (χ0v) is 36.4. The molecule has 0 amide bonds. The number of methoxy groups -OCH3 is 2. The molecule has 56 heavy (non-hydrogen) atoms. The average molecular weight is 787 g/mol. The quantitative estimate of drug-likeness (QED) is 0.126. The lowest BCUT2D eigenvalue weighted by Gasteiger charge is -2.40. The van der Waals surface area contributed by atoms with Crippen molar-refractivity contribution in [3.8, 4) is 44.9 Å². The molecule has 0 spiro atoms. The second-order valence-corrected chi connectivity index (χ2v) is 23.2. The van der Waals surface area contributed by atoms with Crippen molar-refractivity contribution in [2.75, 3.05) is 14.2 Å². The Morgan fingerprint density at radius 2 is 0.696 bits per heavy atom. The number of hydrogen-bond acceptors (Lipinski definition) is 2. The van der Waals surface area contributed by atoms with Crippen molar-refractivity contribution in [1.29, 1.82) is 0 Å². The Bertz CT molecular complexity index is 1640. The van der Waals surface area contributed by atoms with Crippen LogP contribution in [0, 0.1) is 0 Å². The van der Waals surface area contributed by atoms with Crippen LogP contribution in [0.4, 0.5) is 0 Å². The normalized spacial score (nSPS) is 19.4. The van der Waals surface area contributed by atoms with Gasteiger partial charge >= 0.3 is 0 Å². The second-order valence-electron chi connectivity index (χ2n) is 17.6. The molecule has 4 aromatic rings. The van der Waals surface area contributed by atoms with Crippen LogP contribution in [0.25, 0.3) is 33.4 Å². The van der Waals surface area contributed by atoms with Crippen molar-refractivity contribution in [1.82, 2.24) is 0 Å². The molecular formula is C52H68O2P2. The molecule has 4 aliphatic rings. The molecule has 0 N–H and O–H groups in total. The number of rotatable bonds is 13. The van der Waals surface area contributed by atoms with Crippen molar-refractivity contribution in [3.05, 3.63) is 96.1 Å². The summed E-state index contributed by atoms with van der Waals surface area (Å²) in [5.74, 6) is 2.04. The molecule has 4 fully saturated rings. The number of ether oxygens (including phenoxy) is 2. The lowest BCUT2D eigenvalue weighted by Crippen LogP contribution is -2.22. The van der Waals surface area contributed by atoms with Crippen LogP contribution in [0.15, 0.2) is 84.9 Å². The van der Waals surface area contributed by atoms with Gasteiger partial charge in [0.2, 0.25) is 0 Å². The molecule has 4 heteroatoms. The van der Waals surface area contributed by atoms with Gasteiger partial charge in [0, 0.05) is 11.1 Å². The van der Waals surface area contributed by atoms with Crippen LogP contribution in [-0.4, -0.2) is 36.9 Å². The molecule has 0 radical (unpaired) electrons. The van der Waals surface area contributed by atoms with Crippen molar-refractivity contribution in [2.24, 2.45) is 0 Å². The van der Waals surface area contributed by atoms with Gasteiger partial charge in [0.25, 0.3) is 0 Å². The minimum Gasteiger partial charge on any atom is -0.496 e. The van der Waals surface area contributed by atoms with E-state index in [0.717, 1.165) is 34.1 Å². The second kappa shape index (κ2) is 19.9. The predicted molar refractivity (Wildman–Crippen MR) is 245 cm³/mol. The van der Waals surface area contributed by atoms with Crippen LogP contribution in [0.1, 0.15) is 140 Å². The third-order valence-corrected chi connectivity index (χ3v) is 21.4. The largest absolute Gasteiger partial charge is 0.496 e. The van der Waals surface area contributed by atoms with E-state index in [4.69, 9.17) is 9.47 Å². The van der Waals surface area contributed by atoms with Gasteiger partial charge in [0.15, 0.2) is 0 Å². The first-order valence-corrected chi connectivity index (χ1v) is 26.1. The minimum atomic E-state index is -0.208. The average Bonchev–Trinajstić information content (AvgIpc) is 3.28. The molecule has 0 aromatic heterocycles. The summed E-state index contributed by atoms with van der Waals surface area (Å²) in [6.45, 7) is 0. The summed E-state index contributed by atoms with van der Waals surface area (Å²) in [4.78, 5) is 0. The Kier molecular flexibility index (Phi) is 14.2. The van der Waals surface area contributed by atoms with E-state index in [0.29, 0.717) is 0 Å². The molecule has 0 atom stereocenters. The fraction of sp³-hybridized carbons (Fsp3) is 0.538. The van der Waals surface area contributed by atoms with Gasteiger partial charge in [0.1, 0.15) is 11.5 Å². The Hall–Kier alpha value is -2.66. The lowest BCUT2D eigenvalue weighted by atomic mass is 9.86. The first-order chi connectivity index (χ1) is 27.7. The third-order valence-electron chi connectivity index (χ3n) is 14.3. The fourth-order valence-corrected chi connectivity index (χ4v) is 19.1. The van der Waals surface area contributed by atoms with E-state index in [1.54, 1.807) is 0 Å². The summed E-state index contributed by atoms with van der Waals surface area (Å²) >= 11 is 0. The maximum absolute atomic E-state index is 6.60. The SMILES string of the molecule is COc1ccc(-c2ccccc2)c(CP(C2CCCCC2)C2CCCCC2)c1-c1c(OC)ccc(-c2ccccc2)c1CP(C1CCCCC1)C1CCCCC1. The summed E-state index contributed by atoms with van der Waals surface area (Å²) in [5, 5.41) is 0. The fourth-order valence-electron chi connectivity index (χ4n) is 11.4. The highest BCUT2D eigenvalue weighted by Gasteiger charge is 2.36. The molecule has 0 heterocycles.